The number of anilines is 3. The first kappa shape index (κ1) is 13.6. The second-order valence-corrected chi connectivity index (χ2v) is 3.97. The zero-order valence-electron chi connectivity index (χ0n) is 11.3. The first-order chi connectivity index (χ1) is 9.76. The summed E-state index contributed by atoms with van der Waals surface area (Å²) in [5.74, 6) is 1.89. The quantitative estimate of drug-likeness (QED) is 0.867. The smallest absolute Gasteiger partial charge is 0.151 e. The number of aromatic nitrogens is 2. The van der Waals surface area contributed by atoms with E-state index >= 15 is 0 Å². The number of nitrogens with one attached hydrogen (secondary N) is 2. The molecular formula is C14H15N5O. The predicted octanol–water partition coefficient (Wildman–Crippen LogP) is 2.53. The van der Waals surface area contributed by atoms with Gasteiger partial charge in [0.1, 0.15) is 11.6 Å². The molecule has 6 nitrogen and oxygen atoms in total. The standard InChI is InChI=1S/C14H15N5O/c1-3-17-13-8-16-9-14(19-13)18-11-5-4-10(7-15)6-12(11)20-2/h4-6,8-9H,3H2,1-2H3,(H2,17,18,19). The molecule has 0 aliphatic heterocycles. The third-order valence-electron chi connectivity index (χ3n) is 2.59. The van der Waals surface area contributed by atoms with E-state index < -0.39 is 0 Å². The fraction of sp³-hybridized carbons (Fsp3) is 0.214. The summed E-state index contributed by atoms with van der Waals surface area (Å²) >= 11 is 0. The van der Waals surface area contributed by atoms with Crippen LogP contribution in [-0.4, -0.2) is 23.6 Å². The third-order valence-corrected chi connectivity index (χ3v) is 2.59. The van der Waals surface area contributed by atoms with Gasteiger partial charge in [-0.1, -0.05) is 0 Å². The lowest BCUT2D eigenvalue weighted by atomic mass is 10.2. The molecule has 0 radical (unpaired) electrons. The highest BCUT2D eigenvalue weighted by Gasteiger charge is 2.06. The lowest BCUT2D eigenvalue weighted by Crippen LogP contribution is -2.03. The Labute approximate surface area is 117 Å². The van der Waals surface area contributed by atoms with E-state index in [1.54, 1.807) is 37.7 Å². The van der Waals surface area contributed by atoms with Gasteiger partial charge in [-0.05, 0) is 19.1 Å². The largest absolute Gasteiger partial charge is 0.495 e. The van der Waals surface area contributed by atoms with Gasteiger partial charge in [-0.15, -0.1) is 0 Å². The Balaban J connectivity index is 2.25. The lowest BCUT2D eigenvalue weighted by molar-refractivity contribution is 0.416. The van der Waals surface area contributed by atoms with E-state index in [0.29, 0.717) is 22.9 Å². The van der Waals surface area contributed by atoms with Crippen molar-refractivity contribution in [1.82, 2.24) is 9.97 Å². The predicted molar refractivity (Wildman–Crippen MR) is 77.2 cm³/mol. The van der Waals surface area contributed by atoms with Crippen LogP contribution in [0.3, 0.4) is 0 Å². The van der Waals surface area contributed by atoms with Crippen LogP contribution in [0.15, 0.2) is 30.6 Å². The monoisotopic (exact) mass is 269 g/mol. The summed E-state index contributed by atoms with van der Waals surface area (Å²) in [6.07, 6.45) is 3.28. The fourth-order valence-electron chi connectivity index (χ4n) is 1.69. The molecule has 0 amide bonds. The lowest BCUT2D eigenvalue weighted by Gasteiger charge is -2.11. The first-order valence-corrected chi connectivity index (χ1v) is 6.18. The molecule has 1 aromatic carbocycles. The Kier molecular flexibility index (Phi) is 4.35. The SMILES string of the molecule is CCNc1cncc(Nc2ccc(C#N)cc2OC)n1. The van der Waals surface area contributed by atoms with Gasteiger partial charge in [0.25, 0.3) is 0 Å². The van der Waals surface area contributed by atoms with Crippen molar-refractivity contribution < 1.29 is 4.74 Å². The van der Waals surface area contributed by atoms with Crippen LogP contribution in [0.1, 0.15) is 12.5 Å². The van der Waals surface area contributed by atoms with Crippen LogP contribution >= 0.6 is 0 Å². The van der Waals surface area contributed by atoms with Crippen molar-refractivity contribution in [3.8, 4) is 11.8 Å². The summed E-state index contributed by atoms with van der Waals surface area (Å²) in [5, 5.41) is 15.1. The normalized spacial score (nSPS) is 9.65. The summed E-state index contributed by atoms with van der Waals surface area (Å²) in [6.45, 7) is 2.77. The van der Waals surface area contributed by atoms with Gasteiger partial charge in [-0.2, -0.15) is 5.26 Å². The Morgan fingerprint density at radius 2 is 2.10 bits per heavy atom. The zero-order valence-corrected chi connectivity index (χ0v) is 11.3. The maximum absolute atomic E-state index is 8.88. The average molecular weight is 269 g/mol. The number of rotatable bonds is 5. The van der Waals surface area contributed by atoms with E-state index in [1.165, 1.54) is 0 Å². The molecule has 2 aromatic rings. The van der Waals surface area contributed by atoms with Crippen molar-refractivity contribution >= 4 is 17.3 Å². The van der Waals surface area contributed by atoms with Crippen molar-refractivity contribution in [3.63, 3.8) is 0 Å². The summed E-state index contributed by atoms with van der Waals surface area (Å²) < 4.78 is 5.26. The molecule has 0 aliphatic carbocycles. The Morgan fingerprint density at radius 1 is 1.30 bits per heavy atom. The number of nitriles is 1. The van der Waals surface area contributed by atoms with E-state index in [1.807, 2.05) is 6.92 Å². The Hall–Kier alpha value is -2.81. The molecule has 0 unspecified atom stereocenters. The summed E-state index contributed by atoms with van der Waals surface area (Å²) in [4.78, 5) is 8.48. The molecule has 0 aliphatic rings. The maximum Gasteiger partial charge on any atom is 0.151 e. The van der Waals surface area contributed by atoms with Crippen LogP contribution in [0.5, 0.6) is 5.75 Å². The molecule has 0 saturated carbocycles. The van der Waals surface area contributed by atoms with Crippen LogP contribution < -0.4 is 15.4 Å². The average Bonchev–Trinajstić information content (AvgIpc) is 2.48. The molecule has 1 aromatic heterocycles. The van der Waals surface area contributed by atoms with Gasteiger partial charge in [-0.25, -0.2) is 4.98 Å². The van der Waals surface area contributed by atoms with Gasteiger partial charge in [-0.3, -0.25) is 4.98 Å². The number of nitrogens with zero attached hydrogens (tertiary/aromatic N) is 3. The number of benzene rings is 1. The number of hydrogen-bond acceptors (Lipinski definition) is 6. The molecule has 0 fully saturated rings. The minimum atomic E-state index is 0.542. The molecule has 1 heterocycles. The molecule has 0 spiro atoms. The van der Waals surface area contributed by atoms with E-state index in [-0.39, 0.29) is 0 Å². The van der Waals surface area contributed by atoms with E-state index in [9.17, 15) is 0 Å². The van der Waals surface area contributed by atoms with Crippen LogP contribution in [0.2, 0.25) is 0 Å². The molecular weight excluding hydrogens is 254 g/mol. The van der Waals surface area contributed by atoms with Crippen LogP contribution in [0.25, 0.3) is 0 Å². The summed E-state index contributed by atoms with van der Waals surface area (Å²) in [5.41, 5.74) is 1.27. The van der Waals surface area contributed by atoms with Crippen molar-refractivity contribution in [3.05, 3.63) is 36.2 Å². The molecule has 2 rings (SSSR count). The minimum Gasteiger partial charge on any atom is -0.495 e. The van der Waals surface area contributed by atoms with Gasteiger partial charge in [0, 0.05) is 12.6 Å². The molecule has 102 valence electrons. The van der Waals surface area contributed by atoms with E-state index in [2.05, 4.69) is 26.7 Å². The van der Waals surface area contributed by atoms with Crippen molar-refractivity contribution in [2.45, 2.75) is 6.92 Å². The van der Waals surface area contributed by atoms with Crippen molar-refractivity contribution in [1.29, 1.82) is 5.26 Å². The summed E-state index contributed by atoms with van der Waals surface area (Å²) in [6, 6.07) is 7.23. The van der Waals surface area contributed by atoms with Crippen LogP contribution in [0, 0.1) is 11.3 Å². The highest BCUT2D eigenvalue weighted by Crippen LogP contribution is 2.27. The second kappa shape index (κ2) is 6.38. The third kappa shape index (κ3) is 3.14. The van der Waals surface area contributed by atoms with Gasteiger partial charge in [0.2, 0.25) is 0 Å². The minimum absolute atomic E-state index is 0.542. The topological polar surface area (TPSA) is 82.9 Å². The highest BCUT2D eigenvalue weighted by atomic mass is 16.5. The molecule has 0 saturated heterocycles. The Bertz CT molecular complexity index is 636. The maximum atomic E-state index is 8.88. The van der Waals surface area contributed by atoms with Gasteiger partial charge >= 0.3 is 0 Å². The molecule has 20 heavy (non-hydrogen) atoms. The molecule has 6 heteroatoms. The molecule has 2 N–H and O–H groups in total. The van der Waals surface area contributed by atoms with Crippen molar-refractivity contribution in [2.24, 2.45) is 0 Å². The van der Waals surface area contributed by atoms with Crippen LogP contribution in [-0.2, 0) is 0 Å². The van der Waals surface area contributed by atoms with Crippen LogP contribution in [0.4, 0.5) is 17.3 Å². The van der Waals surface area contributed by atoms with Gasteiger partial charge in [0.05, 0.1) is 36.8 Å². The molecule has 0 atom stereocenters. The number of ether oxygens (including phenoxy) is 1. The molecule has 0 bridgehead atoms. The zero-order chi connectivity index (χ0) is 14.4. The number of hydrogen-bond donors (Lipinski definition) is 2. The first-order valence-electron chi connectivity index (χ1n) is 6.18. The summed E-state index contributed by atoms with van der Waals surface area (Å²) in [7, 11) is 1.56. The Morgan fingerprint density at radius 3 is 2.80 bits per heavy atom. The van der Waals surface area contributed by atoms with Crippen molar-refractivity contribution in [2.75, 3.05) is 24.3 Å². The van der Waals surface area contributed by atoms with Gasteiger partial charge < -0.3 is 15.4 Å². The van der Waals surface area contributed by atoms with Gasteiger partial charge in [0.15, 0.2) is 5.82 Å². The second-order valence-electron chi connectivity index (χ2n) is 3.97. The highest BCUT2D eigenvalue weighted by molar-refractivity contribution is 5.66. The van der Waals surface area contributed by atoms with E-state index in [0.717, 1.165) is 12.2 Å². The fourth-order valence-corrected chi connectivity index (χ4v) is 1.69. The number of methoxy groups -OCH3 is 1. The van der Waals surface area contributed by atoms with E-state index in [4.69, 9.17) is 10.00 Å².